The molecule has 0 aromatic carbocycles. The van der Waals surface area contributed by atoms with Gasteiger partial charge in [-0.3, -0.25) is 4.79 Å². The van der Waals surface area contributed by atoms with Crippen LogP contribution in [-0.2, 0) is 9.53 Å². The fraction of sp³-hybridized carbons (Fsp3) is 0.714. The zero-order valence-electron chi connectivity index (χ0n) is 5.43. The van der Waals surface area contributed by atoms with Crippen LogP contribution >= 0.6 is 0 Å². The number of rotatable bonds is 2. The standard InChI is InChI=1S/C7H11O2/c1-9-7(8)5-6-3-2-4-6/h6H,1-5H2. The van der Waals surface area contributed by atoms with Gasteiger partial charge in [0.15, 0.2) is 0 Å². The normalized spacial score (nSPS) is 18.8. The molecule has 0 spiro atoms. The summed E-state index contributed by atoms with van der Waals surface area (Å²) < 4.78 is 4.27. The molecule has 0 bridgehead atoms. The van der Waals surface area contributed by atoms with E-state index in [1.54, 1.807) is 0 Å². The lowest BCUT2D eigenvalue weighted by molar-refractivity contribution is -0.140. The van der Waals surface area contributed by atoms with E-state index in [9.17, 15) is 4.79 Å². The zero-order chi connectivity index (χ0) is 6.69. The predicted octanol–water partition coefficient (Wildman–Crippen LogP) is 1.51. The molecule has 1 saturated carbocycles. The molecule has 1 fully saturated rings. The topological polar surface area (TPSA) is 26.3 Å². The van der Waals surface area contributed by atoms with Crippen LogP contribution in [0.3, 0.4) is 0 Å². The molecule has 9 heavy (non-hydrogen) atoms. The Balaban J connectivity index is 2.09. The minimum Gasteiger partial charge on any atom is -0.462 e. The van der Waals surface area contributed by atoms with Gasteiger partial charge in [0.05, 0.1) is 0 Å². The number of carbonyl (C=O) groups is 1. The molecular formula is C7H11O2. The third-order valence-corrected chi connectivity index (χ3v) is 1.84. The second kappa shape index (κ2) is 2.85. The van der Waals surface area contributed by atoms with Crippen LogP contribution in [0.5, 0.6) is 0 Å². The molecule has 0 N–H and O–H groups in total. The van der Waals surface area contributed by atoms with E-state index < -0.39 is 0 Å². The van der Waals surface area contributed by atoms with Crippen molar-refractivity contribution in [2.75, 3.05) is 0 Å². The van der Waals surface area contributed by atoms with Gasteiger partial charge in [0.1, 0.15) is 7.11 Å². The molecule has 0 heterocycles. The maximum atomic E-state index is 10.5. The van der Waals surface area contributed by atoms with E-state index in [0.717, 1.165) is 0 Å². The van der Waals surface area contributed by atoms with Crippen molar-refractivity contribution in [1.29, 1.82) is 0 Å². The maximum absolute atomic E-state index is 10.5. The SMILES string of the molecule is [CH2]OC(=O)CC1CCC1. The molecule has 1 aliphatic carbocycles. The molecule has 0 aromatic heterocycles. The highest BCUT2D eigenvalue weighted by molar-refractivity contribution is 5.69. The third-order valence-electron chi connectivity index (χ3n) is 1.84. The van der Waals surface area contributed by atoms with Gasteiger partial charge in [0.2, 0.25) is 0 Å². The summed E-state index contributed by atoms with van der Waals surface area (Å²) in [5, 5.41) is 0. The van der Waals surface area contributed by atoms with Gasteiger partial charge in [-0.05, 0) is 18.8 Å². The quantitative estimate of drug-likeness (QED) is 0.525. The predicted molar refractivity (Wildman–Crippen MR) is 33.4 cm³/mol. The summed E-state index contributed by atoms with van der Waals surface area (Å²) in [5.74, 6) is 0.430. The Morgan fingerprint density at radius 2 is 2.33 bits per heavy atom. The van der Waals surface area contributed by atoms with Crippen LogP contribution in [-0.4, -0.2) is 5.97 Å². The van der Waals surface area contributed by atoms with Crippen molar-refractivity contribution in [2.45, 2.75) is 25.7 Å². The van der Waals surface area contributed by atoms with Crippen LogP contribution in [0.15, 0.2) is 0 Å². The average Bonchev–Trinajstić information content (AvgIpc) is 1.78. The van der Waals surface area contributed by atoms with Crippen molar-refractivity contribution in [3.05, 3.63) is 7.11 Å². The highest BCUT2D eigenvalue weighted by Crippen LogP contribution is 2.29. The number of esters is 1. The smallest absolute Gasteiger partial charge is 0.306 e. The van der Waals surface area contributed by atoms with E-state index in [4.69, 9.17) is 0 Å². The number of hydrogen-bond donors (Lipinski definition) is 0. The van der Waals surface area contributed by atoms with E-state index in [1.807, 2.05) is 0 Å². The molecule has 1 radical (unpaired) electrons. The van der Waals surface area contributed by atoms with Gasteiger partial charge < -0.3 is 4.74 Å². The molecule has 0 amide bonds. The molecule has 1 rings (SSSR count). The average molecular weight is 127 g/mol. The largest absolute Gasteiger partial charge is 0.462 e. The molecule has 1 aliphatic rings. The molecule has 0 unspecified atom stereocenters. The van der Waals surface area contributed by atoms with E-state index >= 15 is 0 Å². The van der Waals surface area contributed by atoms with Crippen molar-refractivity contribution in [1.82, 2.24) is 0 Å². The number of ether oxygens (including phenoxy) is 1. The summed E-state index contributed by atoms with van der Waals surface area (Å²) in [7, 11) is 3.05. The van der Waals surface area contributed by atoms with E-state index in [1.165, 1.54) is 19.3 Å². The Labute approximate surface area is 55.2 Å². The molecule has 0 saturated heterocycles. The highest BCUT2D eigenvalue weighted by atomic mass is 16.5. The lowest BCUT2D eigenvalue weighted by Crippen LogP contribution is -2.15. The molecule has 2 heteroatoms. The van der Waals surface area contributed by atoms with Gasteiger partial charge in [-0.2, -0.15) is 0 Å². The van der Waals surface area contributed by atoms with Crippen molar-refractivity contribution < 1.29 is 9.53 Å². The Bertz CT molecular complexity index is 105. The summed E-state index contributed by atoms with van der Waals surface area (Å²) in [6.07, 6.45) is 4.22. The van der Waals surface area contributed by atoms with Crippen molar-refractivity contribution in [2.24, 2.45) is 5.92 Å². The Kier molecular flexibility index (Phi) is 2.09. The van der Waals surface area contributed by atoms with Crippen LogP contribution < -0.4 is 0 Å². The second-order valence-corrected chi connectivity index (χ2v) is 2.52. The first-order valence-corrected chi connectivity index (χ1v) is 3.28. The van der Waals surface area contributed by atoms with Gasteiger partial charge in [-0.1, -0.05) is 6.42 Å². The molecule has 0 atom stereocenters. The second-order valence-electron chi connectivity index (χ2n) is 2.52. The first-order valence-electron chi connectivity index (χ1n) is 3.28. The van der Waals surface area contributed by atoms with E-state index in [2.05, 4.69) is 11.8 Å². The lowest BCUT2D eigenvalue weighted by Gasteiger charge is -2.23. The summed E-state index contributed by atoms with van der Waals surface area (Å²) in [6, 6.07) is 0. The molecule has 51 valence electrons. The van der Waals surface area contributed by atoms with E-state index in [0.29, 0.717) is 12.3 Å². The number of hydrogen-bond acceptors (Lipinski definition) is 2. The van der Waals surface area contributed by atoms with E-state index in [-0.39, 0.29) is 5.97 Å². The summed E-state index contributed by atoms with van der Waals surface area (Å²) in [4.78, 5) is 10.5. The monoisotopic (exact) mass is 127 g/mol. The fourth-order valence-electron chi connectivity index (χ4n) is 0.992. The van der Waals surface area contributed by atoms with Crippen LogP contribution in [0.2, 0.25) is 0 Å². The first kappa shape index (κ1) is 6.59. The van der Waals surface area contributed by atoms with Crippen molar-refractivity contribution in [3.63, 3.8) is 0 Å². The van der Waals surface area contributed by atoms with Gasteiger partial charge in [0, 0.05) is 6.42 Å². The van der Waals surface area contributed by atoms with Crippen molar-refractivity contribution >= 4 is 5.97 Å². The molecule has 0 aliphatic heterocycles. The summed E-state index contributed by atoms with van der Waals surface area (Å²) in [5.41, 5.74) is 0. The summed E-state index contributed by atoms with van der Waals surface area (Å²) in [6.45, 7) is 0. The van der Waals surface area contributed by atoms with Gasteiger partial charge >= 0.3 is 5.97 Å². The lowest BCUT2D eigenvalue weighted by atomic mass is 9.83. The molecular weight excluding hydrogens is 116 g/mol. The Morgan fingerprint density at radius 3 is 2.67 bits per heavy atom. The number of carbonyl (C=O) groups excluding carboxylic acids is 1. The van der Waals surface area contributed by atoms with Crippen LogP contribution in [0.1, 0.15) is 25.7 Å². The van der Waals surface area contributed by atoms with Crippen LogP contribution in [0.4, 0.5) is 0 Å². The summed E-state index contributed by atoms with van der Waals surface area (Å²) >= 11 is 0. The first-order chi connectivity index (χ1) is 4.33. The van der Waals surface area contributed by atoms with Gasteiger partial charge in [-0.25, -0.2) is 0 Å². The zero-order valence-corrected chi connectivity index (χ0v) is 5.43. The molecule has 2 nitrogen and oxygen atoms in total. The minimum atomic E-state index is -0.167. The highest BCUT2D eigenvalue weighted by Gasteiger charge is 2.20. The fourth-order valence-corrected chi connectivity index (χ4v) is 0.992. The van der Waals surface area contributed by atoms with Crippen LogP contribution in [0, 0.1) is 13.0 Å². The minimum absolute atomic E-state index is 0.167. The van der Waals surface area contributed by atoms with Crippen LogP contribution in [0.25, 0.3) is 0 Å². The Morgan fingerprint density at radius 1 is 1.67 bits per heavy atom. The van der Waals surface area contributed by atoms with Gasteiger partial charge in [-0.15, -0.1) is 0 Å². The Hall–Kier alpha value is -0.530. The third kappa shape index (κ3) is 1.70. The van der Waals surface area contributed by atoms with Crippen molar-refractivity contribution in [3.8, 4) is 0 Å². The maximum Gasteiger partial charge on any atom is 0.306 e. The van der Waals surface area contributed by atoms with Gasteiger partial charge in [0.25, 0.3) is 0 Å². The molecule has 0 aromatic rings.